The number of aromatic nitrogens is 1. The van der Waals surface area contributed by atoms with Crippen LogP contribution in [0, 0.1) is 6.92 Å². The summed E-state index contributed by atoms with van der Waals surface area (Å²) in [7, 11) is 0. The Morgan fingerprint density at radius 3 is 2.22 bits per heavy atom. The predicted octanol–water partition coefficient (Wildman–Crippen LogP) is 0.429. The number of fused-ring (bicyclic) bond motifs is 1. The molecule has 0 fully saturated rings. The van der Waals surface area contributed by atoms with E-state index in [4.69, 9.17) is 0 Å². The zero-order valence-electron chi connectivity index (χ0n) is 10.2. The molecule has 0 spiro atoms. The van der Waals surface area contributed by atoms with Crippen molar-refractivity contribution in [2.45, 2.75) is 6.92 Å². The van der Waals surface area contributed by atoms with Crippen molar-refractivity contribution in [3.05, 3.63) is 72.4 Å². The molecule has 0 amide bonds. The molecule has 3 aromatic rings. The van der Waals surface area contributed by atoms with E-state index in [9.17, 15) is 0 Å². The molecule has 0 aliphatic heterocycles. The van der Waals surface area contributed by atoms with Crippen LogP contribution in [0.1, 0.15) is 5.56 Å². The molecule has 0 saturated heterocycles. The molecule has 3 rings (SSSR count). The molecule has 0 bridgehead atoms. The van der Waals surface area contributed by atoms with Gasteiger partial charge in [-0.05, 0) is 18.6 Å². The number of halogens is 1. The molecular weight excluding hydrogens is 333 g/mol. The van der Waals surface area contributed by atoms with Gasteiger partial charge in [-0.1, -0.05) is 30.3 Å². The molecule has 0 N–H and O–H groups in total. The first kappa shape index (κ1) is 13.0. The standard InChI is InChI=1S/C16H14N.HI/c1-13-11-12-17(14-7-3-2-4-8-14)16-10-6-5-9-15(13)16;/h2-12H,1H3;1H/q+1;/p-1. The second-order valence-electron chi connectivity index (χ2n) is 4.22. The van der Waals surface area contributed by atoms with E-state index in [-0.39, 0.29) is 24.0 Å². The third kappa shape index (κ3) is 2.25. The normalized spacial score (nSPS) is 10.1. The Hall–Kier alpha value is -1.42. The SMILES string of the molecule is Cc1cc[n+](-c2ccccc2)c2ccccc12.[I-]. The van der Waals surface area contributed by atoms with Gasteiger partial charge in [-0.2, -0.15) is 4.57 Å². The first-order valence-corrected chi connectivity index (χ1v) is 5.82. The van der Waals surface area contributed by atoms with Crippen LogP contribution < -0.4 is 28.5 Å². The number of nitrogens with zero attached hydrogens (tertiary/aromatic N) is 1. The summed E-state index contributed by atoms with van der Waals surface area (Å²) < 4.78 is 2.22. The molecule has 2 aromatic carbocycles. The Bertz CT molecular complexity index is 662. The number of aryl methyl sites for hydroxylation is 1. The lowest BCUT2D eigenvalue weighted by atomic mass is 10.1. The maximum atomic E-state index is 2.22. The summed E-state index contributed by atoms with van der Waals surface area (Å²) in [4.78, 5) is 0. The van der Waals surface area contributed by atoms with Crippen LogP contribution in [0.4, 0.5) is 0 Å². The average molecular weight is 347 g/mol. The molecule has 1 heterocycles. The van der Waals surface area contributed by atoms with Gasteiger partial charge in [0, 0.05) is 29.7 Å². The third-order valence-corrected chi connectivity index (χ3v) is 3.10. The fraction of sp³-hybridized carbons (Fsp3) is 0.0625. The van der Waals surface area contributed by atoms with Gasteiger partial charge in [-0.15, -0.1) is 0 Å². The number of hydrogen-bond donors (Lipinski definition) is 0. The number of hydrogen-bond acceptors (Lipinski definition) is 0. The monoisotopic (exact) mass is 347 g/mol. The Morgan fingerprint density at radius 2 is 1.44 bits per heavy atom. The van der Waals surface area contributed by atoms with Gasteiger partial charge in [-0.3, -0.25) is 0 Å². The molecule has 0 unspecified atom stereocenters. The van der Waals surface area contributed by atoms with E-state index in [1.807, 2.05) is 6.07 Å². The van der Waals surface area contributed by atoms with Crippen LogP contribution in [0.5, 0.6) is 0 Å². The summed E-state index contributed by atoms with van der Waals surface area (Å²) in [5.74, 6) is 0. The smallest absolute Gasteiger partial charge is 0.218 e. The summed E-state index contributed by atoms with van der Waals surface area (Å²) in [6.45, 7) is 2.15. The predicted molar refractivity (Wildman–Crippen MR) is 70.2 cm³/mol. The zero-order valence-corrected chi connectivity index (χ0v) is 12.3. The summed E-state index contributed by atoms with van der Waals surface area (Å²) in [6, 6.07) is 21.1. The molecule has 2 heteroatoms. The Labute approximate surface area is 124 Å². The first-order valence-electron chi connectivity index (χ1n) is 5.82. The molecule has 0 radical (unpaired) electrons. The quantitative estimate of drug-likeness (QED) is 0.444. The Kier molecular flexibility index (Phi) is 3.97. The van der Waals surface area contributed by atoms with E-state index in [0.29, 0.717) is 0 Å². The van der Waals surface area contributed by atoms with Crippen molar-refractivity contribution in [1.82, 2.24) is 0 Å². The second kappa shape index (κ2) is 5.48. The highest BCUT2D eigenvalue weighted by Crippen LogP contribution is 2.15. The number of benzene rings is 2. The molecule has 0 saturated carbocycles. The lowest BCUT2D eigenvalue weighted by molar-refractivity contribution is -0.567. The minimum atomic E-state index is 0. The van der Waals surface area contributed by atoms with Gasteiger partial charge in [0.25, 0.3) is 0 Å². The number of rotatable bonds is 1. The van der Waals surface area contributed by atoms with Gasteiger partial charge in [0.1, 0.15) is 0 Å². The van der Waals surface area contributed by atoms with E-state index in [2.05, 4.69) is 72.3 Å². The van der Waals surface area contributed by atoms with Crippen molar-refractivity contribution in [1.29, 1.82) is 0 Å². The van der Waals surface area contributed by atoms with Crippen LogP contribution in [0.2, 0.25) is 0 Å². The molecule has 0 aliphatic carbocycles. The van der Waals surface area contributed by atoms with Gasteiger partial charge in [0.2, 0.25) is 11.2 Å². The maximum Gasteiger partial charge on any atom is 0.218 e. The molecule has 18 heavy (non-hydrogen) atoms. The van der Waals surface area contributed by atoms with Gasteiger partial charge < -0.3 is 24.0 Å². The molecular formula is C16H14IN. The van der Waals surface area contributed by atoms with Crippen LogP contribution in [0.25, 0.3) is 16.6 Å². The van der Waals surface area contributed by atoms with E-state index in [0.717, 1.165) is 0 Å². The van der Waals surface area contributed by atoms with E-state index in [1.165, 1.54) is 22.2 Å². The lowest BCUT2D eigenvalue weighted by Gasteiger charge is -2.02. The van der Waals surface area contributed by atoms with Crippen LogP contribution in [0.15, 0.2) is 66.9 Å². The van der Waals surface area contributed by atoms with Crippen LogP contribution in [0.3, 0.4) is 0 Å². The Balaban J connectivity index is 0.00000120. The maximum absolute atomic E-state index is 2.22. The van der Waals surface area contributed by atoms with Crippen molar-refractivity contribution in [2.75, 3.05) is 0 Å². The van der Waals surface area contributed by atoms with Crippen LogP contribution in [-0.2, 0) is 0 Å². The summed E-state index contributed by atoms with van der Waals surface area (Å²) in [6.07, 6.45) is 2.13. The average Bonchev–Trinajstić information content (AvgIpc) is 2.41. The molecule has 1 nitrogen and oxygen atoms in total. The van der Waals surface area contributed by atoms with Gasteiger partial charge in [-0.25, -0.2) is 0 Å². The van der Waals surface area contributed by atoms with Gasteiger partial charge in [0.05, 0.1) is 0 Å². The van der Waals surface area contributed by atoms with E-state index < -0.39 is 0 Å². The van der Waals surface area contributed by atoms with E-state index in [1.54, 1.807) is 0 Å². The van der Waals surface area contributed by atoms with Crippen LogP contribution >= 0.6 is 0 Å². The lowest BCUT2D eigenvalue weighted by Crippen LogP contribution is -3.00. The summed E-state index contributed by atoms with van der Waals surface area (Å²) in [5.41, 5.74) is 3.76. The zero-order chi connectivity index (χ0) is 11.7. The Morgan fingerprint density at radius 1 is 0.778 bits per heavy atom. The van der Waals surface area contributed by atoms with Crippen molar-refractivity contribution in [2.24, 2.45) is 0 Å². The van der Waals surface area contributed by atoms with Crippen molar-refractivity contribution in [3.63, 3.8) is 0 Å². The van der Waals surface area contributed by atoms with Gasteiger partial charge >= 0.3 is 0 Å². The van der Waals surface area contributed by atoms with Crippen molar-refractivity contribution >= 4 is 10.9 Å². The minimum Gasteiger partial charge on any atom is -1.00 e. The summed E-state index contributed by atoms with van der Waals surface area (Å²) in [5, 5.41) is 1.30. The molecule has 1 aromatic heterocycles. The fourth-order valence-corrected chi connectivity index (χ4v) is 2.19. The van der Waals surface area contributed by atoms with Crippen molar-refractivity contribution in [3.8, 4) is 5.69 Å². The molecule has 90 valence electrons. The highest BCUT2D eigenvalue weighted by atomic mass is 127. The minimum absolute atomic E-state index is 0. The number of para-hydroxylation sites is 2. The molecule has 0 atom stereocenters. The van der Waals surface area contributed by atoms with Gasteiger partial charge in [0.15, 0.2) is 6.20 Å². The number of pyridine rings is 1. The van der Waals surface area contributed by atoms with Crippen molar-refractivity contribution < 1.29 is 28.5 Å². The summed E-state index contributed by atoms with van der Waals surface area (Å²) >= 11 is 0. The second-order valence-corrected chi connectivity index (χ2v) is 4.22. The largest absolute Gasteiger partial charge is 1.00 e. The highest BCUT2D eigenvalue weighted by Gasteiger charge is 2.11. The third-order valence-electron chi connectivity index (χ3n) is 3.10. The highest BCUT2D eigenvalue weighted by molar-refractivity contribution is 5.79. The van der Waals surface area contributed by atoms with Crippen LogP contribution in [-0.4, -0.2) is 0 Å². The topological polar surface area (TPSA) is 3.88 Å². The first-order chi connectivity index (χ1) is 8.36. The van der Waals surface area contributed by atoms with E-state index >= 15 is 0 Å². The molecule has 0 aliphatic rings. The fourth-order valence-electron chi connectivity index (χ4n) is 2.19.